The Balaban J connectivity index is 0.00000324. The van der Waals surface area contributed by atoms with Crippen molar-refractivity contribution in [1.82, 2.24) is 10.2 Å². The van der Waals surface area contributed by atoms with Crippen LogP contribution in [-0.2, 0) is 9.47 Å². The van der Waals surface area contributed by atoms with Gasteiger partial charge in [-0.2, -0.15) is 0 Å². The number of nitrogens with zero attached hydrogens (tertiary/aromatic N) is 2. The topological polar surface area (TPSA) is 46.1 Å². The van der Waals surface area contributed by atoms with Crippen LogP contribution < -0.4 is 5.32 Å². The van der Waals surface area contributed by atoms with Gasteiger partial charge >= 0.3 is 0 Å². The lowest BCUT2D eigenvalue weighted by Gasteiger charge is -2.21. The lowest BCUT2D eigenvalue weighted by atomic mass is 10.5. The van der Waals surface area contributed by atoms with Crippen LogP contribution >= 0.6 is 24.0 Å². The predicted octanol–water partition coefficient (Wildman–Crippen LogP) is 1.57. The van der Waals surface area contributed by atoms with Crippen LogP contribution in [0.2, 0.25) is 0 Å². The van der Waals surface area contributed by atoms with Crippen LogP contribution in [0.5, 0.6) is 0 Å². The third-order valence-electron chi connectivity index (χ3n) is 2.87. The van der Waals surface area contributed by atoms with Gasteiger partial charge in [-0.3, -0.25) is 4.99 Å². The first-order valence-corrected chi connectivity index (χ1v) is 6.84. The highest BCUT2D eigenvalue weighted by Crippen LogP contribution is 2.28. The second kappa shape index (κ2) is 11.7. The number of hydrogen-bond acceptors (Lipinski definition) is 3. The molecule has 6 heteroatoms. The second-order valence-electron chi connectivity index (χ2n) is 4.67. The Bertz CT molecular complexity index is 248. The van der Waals surface area contributed by atoms with Crippen LogP contribution in [0.1, 0.15) is 19.8 Å². The number of ether oxygens (including phenoxy) is 2. The van der Waals surface area contributed by atoms with E-state index in [1.54, 1.807) is 7.11 Å². The largest absolute Gasteiger partial charge is 0.383 e. The molecule has 0 aromatic carbocycles. The summed E-state index contributed by atoms with van der Waals surface area (Å²) in [5, 5.41) is 3.27. The lowest BCUT2D eigenvalue weighted by Crippen LogP contribution is -2.40. The van der Waals surface area contributed by atoms with Gasteiger partial charge in [-0.1, -0.05) is 0 Å². The van der Waals surface area contributed by atoms with Crippen molar-refractivity contribution < 1.29 is 9.47 Å². The molecule has 1 saturated carbocycles. The van der Waals surface area contributed by atoms with Gasteiger partial charge in [0, 0.05) is 33.9 Å². The summed E-state index contributed by atoms with van der Waals surface area (Å²) in [4.78, 5) is 6.58. The first-order valence-electron chi connectivity index (χ1n) is 6.84. The molecule has 1 aliphatic rings. The third-order valence-corrected chi connectivity index (χ3v) is 2.87. The van der Waals surface area contributed by atoms with Gasteiger partial charge in [-0.25, -0.2) is 0 Å². The quantitative estimate of drug-likeness (QED) is 0.283. The molecular formula is C13H28IN3O2. The molecule has 5 nitrogen and oxygen atoms in total. The van der Waals surface area contributed by atoms with E-state index in [2.05, 4.69) is 22.1 Å². The summed E-state index contributed by atoms with van der Waals surface area (Å²) in [5.41, 5.74) is 0. The zero-order valence-corrected chi connectivity index (χ0v) is 14.7. The van der Waals surface area contributed by atoms with Crippen molar-refractivity contribution in [1.29, 1.82) is 0 Å². The van der Waals surface area contributed by atoms with Crippen LogP contribution in [0.25, 0.3) is 0 Å². The van der Waals surface area contributed by atoms with E-state index in [0.717, 1.165) is 38.2 Å². The van der Waals surface area contributed by atoms with Gasteiger partial charge in [0.2, 0.25) is 0 Å². The molecule has 1 N–H and O–H groups in total. The molecule has 0 unspecified atom stereocenters. The highest BCUT2D eigenvalue weighted by atomic mass is 127. The Hall–Kier alpha value is -0.0800. The first-order chi connectivity index (χ1) is 8.77. The van der Waals surface area contributed by atoms with Crippen LogP contribution in [0, 0.1) is 5.92 Å². The number of likely N-dealkylation sites (N-methyl/N-ethyl adjacent to an activating group) is 1. The molecule has 1 fully saturated rings. The Kier molecular flexibility index (Phi) is 11.7. The number of hydrogen-bond donors (Lipinski definition) is 1. The maximum absolute atomic E-state index is 5.63. The maximum Gasteiger partial charge on any atom is 0.193 e. The van der Waals surface area contributed by atoms with Gasteiger partial charge in [0.25, 0.3) is 0 Å². The molecule has 0 aliphatic heterocycles. The average molecular weight is 385 g/mol. The SMILES string of the molecule is CCNC(=NCCOC)N(C)CCOCC1CC1.I. The van der Waals surface area contributed by atoms with E-state index in [1.807, 2.05) is 7.05 Å². The number of rotatable bonds is 9. The van der Waals surface area contributed by atoms with Crippen molar-refractivity contribution in [3.05, 3.63) is 0 Å². The molecule has 0 spiro atoms. The molecule has 114 valence electrons. The molecule has 19 heavy (non-hydrogen) atoms. The summed E-state index contributed by atoms with van der Waals surface area (Å²) < 4.78 is 10.6. The Morgan fingerprint density at radius 2 is 2.11 bits per heavy atom. The fraction of sp³-hybridized carbons (Fsp3) is 0.923. The summed E-state index contributed by atoms with van der Waals surface area (Å²) in [6.45, 7) is 6.84. The minimum Gasteiger partial charge on any atom is -0.383 e. The summed E-state index contributed by atoms with van der Waals surface area (Å²) in [5.74, 6) is 1.75. The monoisotopic (exact) mass is 385 g/mol. The minimum atomic E-state index is 0. The number of aliphatic imine (C=N–C) groups is 1. The predicted molar refractivity (Wildman–Crippen MR) is 89.4 cm³/mol. The zero-order chi connectivity index (χ0) is 13.2. The zero-order valence-electron chi connectivity index (χ0n) is 12.4. The fourth-order valence-corrected chi connectivity index (χ4v) is 1.55. The smallest absolute Gasteiger partial charge is 0.193 e. The number of guanidine groups is 1. The third kappa shape index (κ3) is 9.45. The van der Waals surface area contributed by atoms with Crippen molar-refractivity contribution in [3.63, 3.8) is 0 Å². The van der Waals surface area contributed by atoms with Gasteiger partial charge in [0.15, 0.2) is 5.96 Å². The van der Waals surface area contributed by atoms with E-state index >= 15 is 0 Å². The maximum atomic E-state index is 5.63. The number of methoxy groups -OCH3 is 1. The summed E-state index contributed by atoms with van der Waals surface area (Å²) in [7, 11) is 3.73. The highest BCUT2D eigenvalue weighted by molar-refractivity contribution is 14.0. The van der Waals surface area contributed by atoms with Crippen LogP contribution in [0.3, 0.4) is 0 Å². The van der Waals surface area contributed by atoms with Crippen molar-refractivity contribution >= 4 is 29.9 Å². The molecular weight excluding hydrogens is 357 g/mol. The minimum absolute atomic E-state index is 0. The van der Waals surface area contributed by atoms with Crippen molar-refractivity contribution in [2.45, 2.75) is 19.8 Å². The molecule has 1 rings (SSSR count). The van der Waals surface area contributed by atoms with E-state index < -0.39 is 0 Å². The molecule has 0 aromatic rings. The van der Waals surface area contributed by atoms with Gasteiger partial charge in [-0.05, 0) is 25.7 Å². The van der Waals surface area contributed by atoms with Crippen molar-refractivity contribution in [2.24, 2.45) is 10.9 Å². The van der Waals surface area contributed by atoms with Gasteiger partial charge in [0.05, 0.1) is 19.8 Å². The lowest BCUT2D eigenvalue weighted by molar-refractivity contribution is 0.115. The second-order valence-corrected chi connectivity index (χ2v) is 4.67. The fourth-order valence-electron chi connectivity index (χ4n) is 1.55. The molecule has 0 aromatic heterocycles. The van der Waals surface area contributed by atoms with Crippen LogP contribution in [0.15, 0.2) is 4.99 Å². The molecule has 0 radical (unpaired) electrons. The Labute approximate surface area is 134 Å². The average Bonchev–Trinajstić information content (AvgIpc) is 3.17. The standard InChI is InChI=1S/C13H27N3O2.HI/c1-4-14-13(15-7-9-17-3)16(2)8-10-18-11-12-5-6-12;/h12H,4-11H2,1-3H3,(H,14,15);1H. The van der Waals surface area contributed by atoms with Gasteiger partial charge < -0.3 is 19.7 Å². The van der Waals surface area contributed by atoms with Gasteiger partial charge in [-0.15, -0.1) is 24.0 Å². The molecule has 1 aliphatic carbocycles. The van der Waals surface area contributed by atoms with Crippen molar-refractivity contribution in [3.8, 4) is 0 Å². The summed E-state index contributed by atoms with van der Waals surface area (Å²) in [6, 6.07) is 0. The molecule has 0 heterocycles. The normalized spacial score (nSPS) is 15.0. The Morgan fingerprint density at radius 1 is 1.37 bits per heavy atom. The molecule has 0 saturated heterocycles. The van der Waals surface area contributed by atoms with Crippen molar-refractivity contribution in [2.75, 3.05) is 53.6 Å². The number of halogens is 1. The number of nitrogens with one attached hydrogen (secondary N) is 1. The molecule has 0 atom stereocenters. The van der Waals surface area contributed by atoms with E-state index in [1.165, 1.54) is 12.8 Å². The molecule has 0 amide bonds. The summed E-state index contributed by atoms with van der Waals surface area (Å²) >= 11 is 0. The van der Waals surface area contributed by atoms with Crippen LogP contribution in [-0.4, -0.2) is 64.5 Å². The highest BCUT2D eigenvalue weighted by Gasteiger charge is 2.21. The van der Waals surface area contributed by atoms with Crippen LogP contribution in [0.4, 0.5) is 0 Å². The van der Waals surface area contributed by atoms with E-state index in [4.69, 9.17) is 9.47 Å². The van der Waals surface area contributed by atoms with E-state index in [-0.39, 0.29) is 24.0 Å². The molecule has 0 bridgehead atoms. The van der Waals surface area contributed by atoms with E-state index in [9.17, 15) is 0 Å². The summed E-state index contributed by atoms with van der Waals surface area (Å²) in [6.07, 6.45) is 2.69. The van der Waals surface area contributed by atoms with Gasteiger partial charge in [0.1, 0.15) is 0 Å². The van der Waals surface area contributed by atoms with E-state index in [0.29, 0.717) is 13.2 Å². The first kappa shape index (κ1) is 18.9. The Morgan fingerprint density at radius 3 is 2.68 bits per heavy atom.